The molecule has 3 heteroatoms. The molecule has 2 N–H and O–H groups in total. The molecule has 0 saturated heterocycles. The Morgan fingerprint density at radius 1 is 1.44 bits per heavy atom. The average molecular weight is 245 g/mol. The fourth-order valence-corrected chi connectivity index (χ4v) is 1.36. The van der Waals surface area contributed by atoms with Crippen LogP contribution in [0.2, 0.25) is 0 Å². The van der Waals surface area contributed by atoms with Gasteiger partial charge in [-0.1, -0.05) is 31.8 Å². The van der Waals surface area contributed by atoms with Gasteiger partial charge in [0.25, 0.3) is 0 Å². The van der Waals surface area contributed by atoms with Crippen LogP contribution in [0.3, 0.4) is 0 Å². The highest BCUT2D eigenvalue weighted by Crippen LogP contribution is 2.17. The molecule has 0 fully saturated rings. The summed E-state index contributed by atoms with van der Waals surface area (Å²) in [6.45, 7) is 5.72. The summed E-state index contributed by atoms with van der Waals surface area (Å²) in [5.74, 6) is 5.76. The highest BCUT2D eigenvalue weighted by Gasteiger charge is 2.09. The topological polar surface area (TPSA) is 49.3 Å². The number of anilines is 1. The Morgan fingerprint density at radius 2 is 2.17 bits per heavy atom. The van der Waals surface area contributed by atoms with E-state index >= 15 is 0 Å². The second-order valence-corrected chi connectivity index (χ2v) is 4.47. The Hall–Kier alpha value is -1.79. The van der Waals surface area contributed by atoms with E-state index in [-0.39, 0.29) is 18.4 Å². The Morgan fingerprint density at radius 3 is 2.78 bits per heavy atom. The van der Waals surface area contributed by atoms with Crippen LogP contribution in [0.5, 0.6) is 0 Å². The molecule has 0 spiro atoms. The number of amides is 1. The average Bonchev–Trinajstić information content (AvgIpc) is 2.32. The molecule has 0 aliphatic heterocycles. The third-order valence-corrected chi connectivity index (χ3v) is 2.42. The van der Waals surface area contributed by atoms with Crippen molar-refractivity contribution in [3.05, 3.63) is 29.3 Å². The van der Waals surface area contributed by atoms with Crippen LogP contribution < -0.4 is 5.32 Å². The van der Waals surface area contributed by atoms with Crippen LogP contribution in [0, 0.1) is 24.7 Å². The van der Waals surface area contributed by atoms with E-state index in [0.29, 0.717) is 6.42 Å². The Labute approximate surface area is 108 Å². The first-order valence-corrected chi connectivity index (χ1v) is 6.06. The SMILES string of the molecule is Cc1ccc(NC(=O)C(C)C)c(C#CCCO)c1. The summed E-state index contributed by atoms with van der Waals surface area (Å²) in [5.41, 5.74) is 2.60. The summed E-state index contributed by atoms with van der Waals surface area (Å²) in [4.78, 5) is 11.7. The Balaban J connectivity index is 2.97. The van der Waals surface area contributed by atoms with Crippen molar-refractivity contribution in [2.45, 2.75) is 27.2 Å². The number of aliphatic hydroxyl groups is 1. The number of carbonyl (C=O) groups is 1. The number of aryl methyl sites for hydroxylation is 1. The van der Waals surface area contributed by atoms with Crippen molar-refractivity contribution in [3.63, 3.8) is 0 Å². The van der Waals surface area contributed by atoms with Gasteiger partial charge in [0.2, 0.25) is 5.91 Å². The van der Waals surface area contributed by atoms with E-state index in [4.69, 9.17) is 5.11 Å². The van der Waals surface area contributed by atoms with Crippen molar-refractivity contribution >= 4 is 11.6 Å². The third kappa shape index (κ3) is 4.23. The van der Waals surface area contributed by atoms with Crippen molar-refractivity contribution in [3.8, 4) is 11.8 Å². The molecule has 0 saturated carbocycles. The lowest BCUT2D eigenvalue weighted by atomic mass is 10.1. The number of nitrogens with one attached hydrogen (secondary N) is 1. The summed E-state index contributed by atoms with van der Waals surface area (Å²) in [5, 5.41) is 11.6. The minimum absolute atomic E-state index is 0.0240. The lowest BCUT2D eigenvalue weighted by Crippen LogP contribution is -2.18. The largest absolute Gasteiger partial charge is 0.395 e. The second kappa shape index (κ2) is 6.83. The summed E-state index contributed by atoms with van der Waals surface area (Å²) in [6, 6.07) is 5.73. The van der Waals surface area contributed by atoms with Gasteiger partial charge in [0.1, 0.15) is 0 Å². The summed E-state index contributed by atoms with van der Waals surface area (Å²) in [6.07, 6.45) is 0.436. The lowest BCUT2D eigenvalue weighted by molar-refractivity contribution is -0.118. The number of hydrogen-bond donors (Lipinski definition) is 2. The minimum Gasteiger partial charge on any atom is -0.395 e. The van der Waals surface area contributed by atoms with Crippen molar-refractivity contribution < 1.29 is 9.90 Å². The van der Waals surface area contributed by atoms with Gasteiger partial charge in [0.05, 0.1) is 12.3 Å². The molecule has 0 aromatic heterocycles. The van der Waals surface area contributed by atoms with E-state index in [2.05, 4.69) is 17.2 Å². The standard InChI is InChI=1S/C15H19NO2/c1-11(2)15(18)16-14-8-7-12(3)10-13(14)6-4-5-9-17/h7-8,10-11,17H,5,9H2,1-3H3,(H,16,18). The van der Waals surface area contributed by atoms with Crippen LogP contribution in [0.25, 0.3) is 0 Å². The molecule has 96 valence electrons. The van der Waals surface area contributed by atoms with Crippen LogP contribution in [0.15, 0.2) is 18.2 Å². The summed E-state index contributed by atoms with van der Waals surface area (Å²) < 4.78 is 0. The van der Waals surface area contributed by atoms with E-state index in [1.54, 1.807) is 0 Å². The zero-order valence-corrected chi connectivity index (χ0v) is 11.1. The molecule has 0 heterocycles. The normalized spacial score (nSPS) is 9.83. The van der Waals surface area contributed by atoms with Gasteiger partial charge in [-0.3, -0.25) is 4.79 Å². The van der Waals surface area contributed by atoms with Gasteiger partial charge >= 0.3 is 0 Å². The van der Waals surface area contributed by atoms with Crippen molar-refractivity contribution in [1.82, 2.24) is 0 Å². The fraction of sp³-hybridized carbons (Fsp3) is 0.400. The third-order valence-electron chi connectivity index (χ3n) is 2.42. The smallest absolute Gasteiger partial charge is 0.226 e. The maximum atomic E-state index is 11.7. The Kier molecular flexibility index (Phi) is 5.41. The molecule has 0 unspecified atom stereocenters. The zero-order chi connectivity index (χ0) is 13.5. The molecule has 18 heavy (non-hydrogen) atoms. The molecule has 1 aromatic carbocycles. The molecule has 0 atom stereocenters. The van der Waals surface area contributed by atoms with E-state index in [1.165, 1.54) is 0 Å². The van der Waals surface area contributed by atoms with Gasteiger partial charge in [-0.15, -0.1) is 0 Å². The molecule has 0 bridgehead atoms. The van der Waals surface area contributed by atoms with Gasteiger partial charge in [0.15, 0.2) is 0 Å². The first-order valence-electron chi connectivity index (χ1n) is 6.06. The number of rotatable bonds is 3. The molecule has 0 aliphatic rings. The van der Waals surface area contributed by atoms with E-state index in [0.717, 1.165) is 16.8 Å². The molecular formula is C15H19NO2. The maximum absolute atomic E-state index is 11.7. The molecule has 0 aliphatic carbocycles. The van der Waals surface area contributed by atoms with Crippen molar-refractivity contribution in [2.75, 3.05) is 11.9 Å². The predicted octanol–water partition coefficient (Wildman–Crippen LogP) is 2.32. The van der Waals surface area contributed by atoms with Crippen LogP contribution in [0.1, 0.15) is 31.4 Å². The zero-order valence-electron chi connectivity index (χ0n) is 11.1. The van der Waals surface area contributed by atoms with Crippen molar-refractivity contribution in [2.24, 2.45) is 5.92 Å². The molecule has 1 aromatic rings. The van der Waals surface area contributed by atoms with E-state index < -0.39 is 0 Å². The van der Waals surface area contributed by atoms with Gasteiger partial charge in [-0.25, -0.2) is 0 Å². The first-order chi connectivity index (χ1) is 8.54. The summed E-state index contributed by atoms with van der Waals surface area (Å²) in [7, 11) is 0. The second-order valence-electron chi connectivity index (χ2n) is 4.47. The van der Waals surface area contributed by atoms with Crippen LogP contribution in [-0.4, -0.2) is 17.6 Å². The lowest BCUT2D eigenvalue weighted by Gasteiger charge is -2.10. The van der Waals surface area contributed by atoms with Crippen LogP contribution >= 0.6 is 0 Å². The fourth-order valence-electron chi connectivity index (χ4n) is 1.36. The quantitative estimate of drug-likeness (QED) is 0.803. The van der Waals surface area contributed by atoms with Crippen LogP contribution in [0.4, 0.5) is 5.69 Å². The number of aliphatic hydroxyl groups excluding tert-OH is 1. The highest BCUT2D eigenvalue weighted by atomic mass is 16.2. The maximum Gasteiger partial charge on any atom is 0.226 e. The van der Waals surface area contributed by atoms with Crippen molar-refractivity contribution in [1.29, 1.82) is 0 Å². The van der Waals surface area contributed by atoms with Gasteiger partial charge in [-0.2, -0.15) is 0 Å². The molecule has 1 amide bonds. The molecule has 3 nitrogen and oxygen atoms in total. The van der Waals surface area contributed by atoms with E-state index in [9.17, 15) is 4.79 Å². The highest BCUT2D eigenvalue weighted by molar-refractivity contribution is 5.93. The molecule has 1 rings (SSSR count). The van der Waals surface area contributed by atoms with Crippen LogP contribution in [-0.2, 0) is 4.79 Å². The predicted molar refractivity (Wildman–Crippen MR) is 73.2 cm³/mol. The first kappa shape index (κ1) is 14.3. The minimum atomic E-state index is -0.0652. The summed E-state index contributed by atoms with van der Waals surface area (Å²) >= 11 is 0. The van der Waals surface area contributed by atoms with Gasteiger partial charge in [-0.05, 0) is 24.6 Å². The monoisotopic (exact) mass is 245 g/mol. The van der Waals surface area contributed by atoms with Gasteiger partial charge < -0.3 is 10.4 Å². The molecular weight excluding hydrogens is 226 g/mol. The molecule has 0 radical (unpaired) electrons. The van der Waals surface area contributed by atoms with E-state index in [1.807, 2.05) is 39.0 Å². The number of carbonyl (C=O) groups excluding carboxylic acids is 1. The van der Waals surface area contributed by atoms with Gasteiger partial charge in [0, 0.05) is 17.9 Å². The Bertz CT molecular complexity index is 481. The number of hydrogen-bond acceptors (Lipinski definition) is 2. The number of benzene rings is 1.